The first-order valence-corrected chi connectivity index (χ1v) is 23.0. The lowest BCUT2D eigenvalue weighted by atomic mass is 9.48. The second-order valence-corrected chi connectivity index (χ2v) is 18.6. The summed E-state index contributed by atoms with van der Waals surface area (Å²) in [6.07, 6.45) is -13.9. The number of carbonyl (C=O) groups is 8. The van der Waals surface area contributed by atoms with Crippen molar-refractivity contribution >= 4 is 47.5 Å². The molecule has 4 aromatic carbocycles. The van der Waals surface area contributed by atoms with Crippen molar-refractivity contribution < 1.29 is 77.0 Å². The number of rotatable bonds is 13. The molecule has 0 spiro atoms. The van der Waals surface area contributed by atoms with Gasteiger partial charge in [-0.15, -0.1) is 0 Å². The molecular formula is C54H55NO16. The van der Waals surface area contributed by atoms with Gasteiger partial charge in [-0.2, -0.15) is 0 Å². The molecule has 3 aliphatic carbocycles. The van der Waals surface area contributed by atoms with E-state index in [0.29, 0.717) is 5.56 Å². The topological polar surface area (TPSA) is 244 Å². The Bertz CT molecular complexity index is 2710. The maximum Gasteiger partial charge on any atom is 0.509 e. The molecule has 71 heavy (non-hydrogen) atoms. The van der Waals surface area contributed by atoms with Crippen LogP contribution in [0.5, 0.6) is 0 Å². The highest BCUT2D eigenvalue weighted by atomic mass is 16.7. The largest absolute Gasteiger partial charge is 0.509 e. The summed E-state index contributed by atoms with van der Waals surface area (Å²) in [5, 5.41) is 28.5. The van der Waals surface area contributed by atoms with Crippen molar-refractivity contribution in [2.24, 2.45) is 16.7 Å². The number of hydrogen-bond donors (Lipinski definition) is 3. The zero-order valence-electron chi connectivity index (χ0n) is 39.9. The second-order valence-electron chi connectivity index (χ2n) is 18.6. The molecule has 2 bridgehead atoms. The maximum absolute atomic E-state index is 15.4. The highest BCUT2D eigenvalue weighted by molar-refractivity contribution is 6.02. The standard InChI is InChI=1S/C54H55NO16/c1-30-38(69-50(63)45(70-51(64)66-29-33-19-11-7-12-20-33)42(34-21-13-8-14-22-34)55-48(61)35-23-15-9-16-24-35)28-54(65)47(71-49(62)36-25-17-10-18-26-36)41-43(59)37(67-31(2)56)27-39(58)53(41,6)46(60)44(68-32(3)57)40(30)52(54,4)5/h7-26,37-39,41-42,44-45,47,58,65H,27-29H2,1-6H3,(H,55,61)/t37-,38-,39-,41-,42-,44+,45+,47-,53+,54+/m0/s1. The Morgan fingerprint density at radius 1 is 0.718 bits per heavy atom. The average Bonchev–Trinajstić information content (AvgIpc) is 3.34. The van der Waals surface area contributed by atoms with E-state index in [1.807, 2.05) is 0 Å². The Balaban J connectivity index is 1.39. The Labute approximate surface area is 409 Å². The minimum absolute atomic E-state index is 0.0310. The van der Waals surface area contributed by atoms with Gasteiger partial charge in [0, 0.05) is 37.7 Å². The number of Topliss-reactive ketones (excluding diaryl/α,β-unsaturated/α-hetero) is 2. The first-order valence-electron chi connectivity index (χ1n) is 23.0. The molecule has 17 nitrogen and oxygen atoms in total. The summed E-state index contributed by atoms with van der Waals surface area (Å²) in [5.74, 6) is -8.96. The van der Waals surface area contributed by atoms with Gasteiger partial charge in [-0.1, -0.05) is 111 Å². The molecule has 0 aliphatic heterocycles. The van der Waals surface area contributed by atoms with Gasteiger partial charge in [0.25, 0.3) is 5.91 Å². The van der Waals surface area contributed by atoms with Gasteiger partial charge in [0.1, 0.15) is 30.5 Å². The van der Waals surface area contributed by atoms with Crippen LogP contribution in [0.15, 0.2) is 132 Å². The van der Waals surface area contributed by atoms with E-state index in [4.69, 9.17) is 28.4 Å². The van der Waals surface area contributed by atoms with Gasteiger partial charge < -0.3 is 44.0 Å². The zero-order chi connectivity index (χ0) is 51.4. The summed E-state index contributed by atoms with van der Waals surface area (Å²) in [7, 11) is 0. The minimum atomic E-state index is -2.60. The van der Waals surface area contributed by atoms with Crippen molar-refractivity contribution in [3.8, 4) is 0 Å². The third-order valence-electron chi connectivity index (χ3n) is 13.9. The van der Waals surface area contributed by atoms with E-state index < -0.39 is 125 Å². The molecule has 3 aliphatic rings. The molecule has 3 N–H and O–H groups in total. The Kier molecular flexibility index (Phi) is 15.1. The number of aliphatic hydroxyl groups is 2. The van der Waals surface area contributed by atoms with Crippen molar-refractivity contribution in [3.05, 3.63) is 155 Å². The monoisotopic (exact) mass is 973 g/mol. The highest BCUT2D eigenvalue weighted by Crippen LogP contribution is 2.60. The Morgan fingerprint density at radius 3 is 1.85 bits per heavy atom. The highest BCUT2D eigenvalue weighted by Gasteiger charge is 2.72. The number of nitrogens with one attached hydrogen (secondary N) is 1. The normalized spacial score (nSPS) is 26.4. The fraction of sp³-hybridized carbons (Fsp3) is 0.370. The molecule has 0 radical (unpaired) electrons. The van der Waals surface area contributed by atoms with E-state index in [-0.39, 0.29) is 34.4 Å². The summed E-state index contributed by atoms with van der Waals surface area (Å²) in [4.78, 5) is 113. The van der Waals surface area contributed by atoms with Crippen molar-refractivity contribution in [2.45, 2.75) is 109 Å². The van der Waals surface area contributed by atoms with Crippen LogP contribution in [0.25, 0.3) is 0 Å². The molecule has 1 amide bonds. The third kappa shape index (κ3) is 10.2. The lowest BCUT2D eigenvalue weighted by Crippen LogP contribution is -2.73. The smallest absolute Gasteiger partial charge is 0.455 e. The van der Waals surface area contributed by atoms with E-state index >= 15 is 9.59 Å². The summed E-state index contributed by atoms with van der Waals surface area (Å²) >= 11 is 0. The van der Waals surface area contributed by atoms with Gasteiger partial charge in [0.15, 0.2) is 23.8 Å². The van der Waals surface area contributed by atoms with E-state index in [0.717, 1.165) is 13.8 Å². The molecule has 4 aromatic rings. The molecular weight excluding hydrogens is 919 g/mol. The quantitative estimate of drug-likeness (QED) is 0.0803. The van der Waals surface area contributed by atoms with E-state index in [1.165, 1.54) is 64.1 Å². The number of benzene rings is 4. The zero-order valence-corrected chi connectivity index (χ0v) is 39.9. The number of carbonyl (C=O) groups excluding carboxylic acids is 8. The van der Waals surface area contributed by atoms with Crippen LogP contribution >= 0.6 is 0 Å². The second kappa shape index (κ2) is 20.8. The summed E-state index contributed by atoms with van der Waals surface area (Å²) < 4.78 is 34.9. The molecule has 10 atom stereocenters. The molecule has 0 heterocycles. The molecule has 7 rings (SSSR count). The predicted molar refractivity (Wildman–Crippen MR) is 250 cm³/mol. The van der Waals surface area contributed by atoms with Crippen LogP contribution in [0.2, 0.25) is 0 Å². The van der Waals surface area contributed by atoms with Gasteiger partial charge in [-0.05, 0) is 60.4 Å². The van der Waals surface area contributed by atoms with Gasteiger partial charge in [0.05, 0.1) is 23.0 Å². The van der Waals surface area contributed by atoms with Crippen LogP contribution in [0.3, 0.4) is 0 Å². The van der Waals surface area contributed by atoms with Crippen LogP contribution in [0.1, 0.15) is 92.3 Å². The molecule has 2 fully saturated rings. The van der Waals surface area contributed by atoms with Crippen LogP contribution < -0.4 is 5.32 Å². The lowest BCUT2D eigenvalue weighted by Gasteiger charge is -2.60. The van der Waals surface area contributed by atoms with E-state index in [2.05, 4.69) is 5.32 Å². The molecule has 372 valence electrons. The number of amides is 1. The molecule has 0 saturated heterocycles. The third-order valence-corrected chi connectivity index (χ3v) is 13.9. The molecule has 17 heteroatoms. The Hall–Kier alpha value is -7.50. The van der Waals surface area contributed by atoms with Crippen LogP contribution in [0, 0.1) is 16.7 Å². The SMILES string of the molecule is CC(=O)O[C@H]1C(=O)[C@]2(C)[C@@H](O)C[C@H](OC(C)=O)C(=O)[C@H]2[C@H](OC(=O)c2ccccc2)[C@]2(O)C[C@H](OC(=O)[C@H](OC(=O)OCc3ccccc3)[C@@H](NC(=O)c3ccccc3)c3ccccc3)C(C)=C1C2(C)C. The summed E-state index contributed by atoms with van der Waals surface area (Å²) in [6.45, 7) is 7.40. The number of ketones is 2. The van der Waals surface area contributed by atoms with E-state index in [9.17, 15) is 39.0 Å². The van der Waals surface area contributed by atoms with Crippen LogP contribution in [0.4, 0.5) is 4.79 Å². The number of ether oxygens (including phenoxy) is 6. The first-order chi connectivity index (χ1) is 33.7. The van der Waals surface area contributed by atoms with E-state index in [1.54, 1.807) is 84.9 Å². The molecule has 0 aromatic heterocycles. The number of fused-ring (bicyclic) bond motifs is 3. The van der Waals surface area contributed by atoms with Crippen LogP contribution in [-0.4, -0.2) is 99.9 Å². The average molecular weight is 974 g/mol. The molecule has 2 saturated carbocycles. The van der Waals surface area contributed by atoms with Gasteiger partial charge >= 0.3 is 30.0 Å². The summed E-state index contributed by atoms with van der Waals surface area (Å²) in [6, 6.07) is 30.7. The molecule has 0 unspecified atom stereocenters. The Morgan fingerprint density at radius 2 is 1.27 bits per heavy atom. The minimum Gasteiger partial charge on any atom is -0.455 e. The first kappa shape index (κ1) is 51.4. The van der Waals surface area contributed by atoms with Gasteiger partial charge in [0.2, 0.25) is 6.10 Å². The van der Waals surface area contributed by atoms with Crippen molar-refractivity contribution in [2.75, 3.05) is 0 Å². The lowest BCUT2D eigenvalue weighted by molar-refractivity contribution is -0.227. The van der Waals surface area contributed by atoms with Crippen molar-refractivity contribution in [1.29, 1.82) is 0 Å². The van der Waals surface area contributed by atoms with Crippen molar-refractivity contribution in [3.63, 3.8) is 0 Å². The number of aliphatic hydroxyl groups excluding tert-OH is 1. The fourth-order valence-electron chi connectivity index (χ4n) is 10.1. The number of hydrogen-bond acceptors (Lipinski definition) is 16. The summed E-state index contributed by atoms with van der Waals surface area (Å²) in [5.41, 5.74) is -5.76. The van der Waals surface area contributed by atoms with Gasteiger partial charge in [-0.3, -0.25) is 24.0 Å². The predicted octanol–water partition coefficient (Wildman–Crippen LogP) is 5.90. The maximum atomic E-state index is 15.4. The fourth-order valence-corrected chi connectivity index (χ4v) is 10.1. The van der Waals surface area contributed by atoms with Gasteiger partial charge in [-0.25, -0.2) is 14.4 Å². The van der Waals surface area contributed by atoms with Crippen molar-refractivity contribution in [1.82, 2.24) is 5.32 Å². The number of esters is 4. The van der Waals surface area contributed by atoms with Crippen LogP contribution in [-0.2, 0) is 59.0 Å².